The van der Waals surface area contributed by atoms with Crippen LogP contribution in [0.1, 0.15) is 11.3 Å². The van der Waals surface area contributed by atoms with Gasteiger partial charge in [-0.25, -0.2) is 0 Å². The molecule has 0 aliphatic heterocycles. The number of hydrogen-bond donors (Lipinski definition) is 1. The van der Waals surface area contributed by atoms with E-state index in [1.54, 1.807) is 13.4 Å². The van der Waals surface area contributed by atoms with Gasteiger partial charge in [0.25, 0.3) is 0 Å². The quantitative estimate of drug-likeness (QED) is 0.644. The predicted octanol–water partition coefficient (Wildman–Crippen LogP) is 3.75. The van der Waals surface area contributed by atoms with E-state index in [4.69, 9.17) is 13.9 Å². The molecule has 2 aromatic carbocycles. The Labute approximate surface area is 136 Å². The number of ether oxygens (including phenoxy) is 2. The molecule has 0 amide bonds. The van der Waals surface area contributed by atoms with Crippen LogP contribution in [0.2, 0.25) is 0 Å². The Morgan fingerprint density at radius 2 is 1.87 bits per heavy atom. The van der Waals surface area contributed by atoms with Gasteiger partial charge in [0.15, 0.2) is 0 Å². The normalized spacial score (nSPS) is 11.0. The molecule has 1 aromatic heterocycles. The second-order valence-corrected chi connectivity index (χ2v) is 5.29. The van der Waals surface area contributed by atoms with Gasteiger partial charge in [-0.3, -0.25) is 0 Å². The zero-order valence-electron chi connectivity index (χ0n) is 13.2. The molecule has 0 bridgehead atoms. The second kappa shape index (κ2) is 7.81. The zero-order valence-corrected chi connectivity index (χ0v) is 13.2. The molecular formula is C19H21NO3. The lowest BCUT2D eigenvalue weighted by atomic mass is 10.0. The first-order chi connectivity index (χ1) is 11.4. The number of furan rings is 1. The van der Waals surface area contributed by atoms with Crippen LogP contribution in [0.4, 0.5) is 0 Å². The Balaban J connectivity index is 1.79. The van der Waals surface area contributed by atoms with E-state index in [0.717, 1.165) is 17.1 Å². The molecule has 4 nitrogen and oxygen atoms in total. The summed E-state index contributed by atoms with van der Waals surface area (Å²) < 4.78 is 16.3. The lowest BCUT2D eigenvalue weighted by Gasteiger charge is -2.14. The van der Waals surface area contributed by atoms with Crippen LogP contribution in [0.15, 0.2) is 59.2 Å². The fourth-order valence-corrected chi connectivity index (χ4v) is 2.59. The number of hydrogen-bond acceptors (Lipinski definition) is 4. The van der Waals surface area contributed by atoms with Crippen LogP contribution >= 0.6 is 0 Å². The standard InChI is InChI=1S/C19H21NO3/c1-21-11-12-23-19-9-8-15-5-2-3-7-17(15)18(19)14-20-13-16-6-4-10-22-16/h2-10,20H,11-14H2,1H3. The summed E-state index contributed by atoms with van der Waals surface area (Å²) in [6.45, 7) is 2.52. The Hall–Kier alpha value is -2.30. The summed E-state index contributed by atoms with van der Waals surface area (Å²) >= 11 is 0. The summed E-state index contributed by atoms with van der Waals surface area (Å²) in [7, 11) is 1.68. The summed E-state index contributed by atoms with van der Waals surface area (Å²) in [5.41, 5.74) is 1.16. The maximum Gasteiger partial charge on any atom is 0.124 e. The van der Waals surface area contributed by atoms with E-state index in [1.165, 1.54) is 10.8 Å². The fourth-order valence-electron chi connectivity index (χ4n) is 2.59. The molecular weight excluding hydrogens is 290 g/mol. The number of benzene rings is 2. The Bertz CT molecular complexity index is 737. The van der Waals surface area contributed by atoms with Gasteiger partial charge >= 0.3 is 0 Å². The Morgan fingerprint density at radius 3 is 2.70 bits per heavy atom. The van der Waals surface area contributed by atoms with Gasteiger partial charge in [0.1, 0.15) is 18.1 Å². The van der Waals surface area contributed by atoms with Crippen molar-refractivity contribution in [3.8, 4) is 5.75 Å². The number of fused-ring (bicyclic) bond motifs is 1. The van der Waals surface area contributed by atoms with Crippen LogP contribution in [0.25, 0.3) is 10.8 Å². The molecule has 0 fully saturated rings. The van der Waals surface area contributed by atoms with Gasteiger partial charge in [-0.05, 0) is 29.0 Å². The minimum Gasteiger partial charge on any atom is -0.491 e. The molecule has 0 spiro atoms. The molecule has 0 aliphatic rings. The van der Waals surface area contributed by atoms with E-state index in [2.05, 4.69) is 29.6 Å². The predicted molar refractivity (Wildman–Crippen MR) is 90.6 cm³/mol. The van der Waals surface area contributed by atoms with E-state index < -0.39 is 0 Å². The largest absolute Gasteiger partial charge is 0.491 e. The molecule has 0 radical (unpaired) electrons. The van der Waals surface area contributed by atoms with E-state index in [9.17, 15) is 0 Å². The first-order valence-corrected chi connectivity index (χ1v) is 7.74. The van der Waals surface area contributed by atoms with Crippen molar-refractivity contribution in [2.75, 3.05) is 20.3 Å². The molecule has 3 aromatic rings. The van der Waals surface area contributed by atoms with E-state index in [0.29, 0.717) is 26.3 Å². The molecule has 0 atom stereocenters. The fraction of sp³-hybridized carbons (Fsp3) is 0.263. The van der Waals surface area contributed by atoms with Crippen LogP contribution in [-0.2, 0) is 17.8 Å². The highest BCUT2D eigenvalue weighted by Crippen LogP contribution is 2.28. The van der Waals surface area contributed by atoms with Crippen molar-refractivity contribution >= 4 is 10.8 Å². The minimum absolute atomic E-state index is 0.542. The van der Waals surface area contributed by atoms with Crippen molar-refractivity contribution in [3.63, 3.8) is 0 Å². The summed E-state index contributed by atoms with van der Waals surface area (Å²) in [5.74, 6) is 1.82. The molecule has 1 heterocycles. The average Bonchev–Trinajstić information content (AvgIpc) is 3.10. The Morgan fingerprint density at radius 1 is 0.957 bits per heavy atom. The first kappa shape index (κ1) is 15.6. The van der Waals surface area contributed by atoms with E-state index in [-0.39, 0.29) is 0 Å². The maximum absolute atomic E-state index is 5.88. The molecule has 0 saturated carbocycles. The molecule has 1 N–H and O–H groups in total. The van der Waals surface area contributed by atoms with Gasteiger partial charge in [-0.15, -0.1) is 0 Å². The average molecular weight is 311 g/mol. The highest BCUT2D eigenvalue weighted by Gasteiger charge is 2.09. The molecule has 3 rings (SSSR count). The van der Waals surface area contributed by atoms with Crippen molar-refractivity contribution in [3.05, 3.63) is 66.1 Å². The van der Waals surface area contributed by atoms with E-state index in [1.807, 2.05) is 24.3 Å². The van der Waals surface area contributed by atoms with E-state index >= 15 is 0 Å². The third-order valence-electron chi connectivity index (χ3n) is 3.72. The van der Waals surface area contributed by atoms with Gasteiger partial charge in [0, 0.05) is 19.2 Å². The molecule has 23 heavy (non-hydrogen) atoms. The zero-order chi connectivity index (χ0) is 15.9. The number of methoxy groups -OCH3 is 1. The SMILES string of the molecule is COCCOc1ccc2ccccc2c1CNCc1ccco1. The molecule has 0 aliphatic carbocycles. The van der Waals surface area contributed by atoms with Crippen LogP contribution in [0.5, 0.6) is 5.75 Å². The summed E-state index contributed by atoms with van der Waals surface area (Å²) in [4.78, 5) is 0. The second-order valence-electron chi connectivity index (χ2n) is 5.29. The smallest absolute Gasteiger partial charge is 0.124 e. The van der Waals surface area contributed by atoms with Crippen molar-refractivity contribution in [2.24, 2.45) is 0 Å². The number of rotatable bonds is 8. The van der Waals surface area contributed by atoms with Gasteiger partial charge < -0.3 is 19.2 Å². The third kappa shape index (κ3) is 3.92. The lowest BCUT2D eigenvalue weighted by Crippen LogP contribution is -2.14. The molecule has 0 unspecified atom stereocenters. The summed E-state index contributed by atoms with van der Waals surface area (Å²) in [5, 5.41) is 5.83. The van der Waals surface area contributed by atoms with Crippen LogP contribution < -0.4 is 10.1 Å². The maximum atomic E-state index is 5.88. The molecule has 4 heteroatoms. The monoisotopic (exact) mass is 311 g/mol. The van der Waals surface area contributed by atoms with Crippen molar-refractivity contribution in [2.45, 2.75) is 13.1 Å². The summed E-state index contributed by atoms with van der Waals surface area (Å²) in [6.07, 6.45) is 1.69. The van der Waals surface area contributed by atoms with Gasteiger partial charge in [0.2, 0.25) is 0 Å². The van der Waals surface area contributed by atoms with Gasteiger partial charge in [-0.1, -0.05) is 30.3 Å². The Kier molecular flexibility index (Phi) is 5.29. The van der Waals surface area contributed by atoms with Crippen molar-refractivity contribution < 1.29 is 13.9 Å². The molecule has 0 saturated heterocycles. The topological polar surface area (TPSA) is 43.6 Å². The lowest BCUT2D eigenvalue weighted by molar-refractivity contribution is 0.146. The third-order valence-corrected chi connectivity index (χ3v) is 3.72. The van der Waals surface area contributed by atoms with Crippen LogP contribution in [0, 0.1) is 0 Å². The highest BCUT2D eigenvalue weighted by molar-refractivity contribution is 5.87. The minimum atomic E-state index is 0.542. The van der Waals surface area contributed by atoms with Gasteiger partial charge in [-0.2, -0.15) is 0 Å². The summed E-state index contributed by atoms with van der Waals surface area (Å²) in [6, 6.07) is 16.3. The number of nitrogens with one attached hydrogen (secondary N) is 1. The van der Waals surface area contributed by atoms with Crippen molar-refractivity contribution in [1.82, 2.24) is 5.32 Å². The van der Waals surface area contributed by atoms with Crippen molar-refractivity contribution in [1.29, 1.82) is 0 Å². The highest BCUT2D eigenvalue weighted by atomic mass is 16.5. The first-order valence-electron chi connectivity index (χ1n) is 7.74. The van der Waals surface area contributed by atoms with Gasteiger partial charge in [0.05, 0.1) is 19.4 Å². The van der Waals surface area contributed by atoms with Crippen LogP contribution in [0.3, 0.4) is 0 Å². The molecule has 120 valence electrons. The van der Waals surface area contributed by atoms with Crippen LogP contribution in [-0.4, -0.2) is 20.3 Å².